The lowest BCUT2D eigenvalue weighted by atomic mass is 9.90. The first-order valence-electron chi connectivity index (χ1n) is 8.78. The van der Waals surface area contributed by atoms with Gasteiger partial charge in [-0.15, -0.1) is 0 Å². The van der Waals surface area contributed by atoms with E-state index in [1.807, 2.05) is 13.0 Å². The van der Waals surface area contributed by atoms with Gasteiger partial charge in [-0.3, -0.25) is 9.69 Å². The molecule has 1 N–H and O–H groups in total. The third-order valence-electron chi connectivity index (χ3n) is 5.44. The Hall–Kier alpha value is -1.40. The number of rotatable bonds is 4. The minimum absolute atomic E-state index is 0.0998. The zero-order valence-electron chi connectivity index (χ0n) is 13.7. The first-order valence-corrected chi connectivity index (χ1v) is 8.78. The fourth-order valence-corrected chi connectivity index (χ4v) is 3.88. The highest BCUT2D eigenvalue weighted by molar-refractivity contribution is 5.81. The van der Waals surface area contributed by atoms with E-state index in [0.29, 0.717) is 12.0 Å². The van der Waals surface area contributed by atoms with Crippen LogP contribution in [0.15, 0.2) is 10.6 Å². The summed E-state index contributed by atoms with van der Waals surface area (Å²) in [6.45, 7) is 4.62. The smallest absolute Gasteiger partial charge is 0.249 e. The molecule has 3 aliphatic rings. The van der Waals surface area contributed by atoms with Crippen molar-refractivity contribution in [3.8, 4) is 0 Å². The molecule has 4 rings (SSSR count). The number of nitrogens with zero attached hydrogens (tertiary/aromatic N) is 2. The Morgan fingerprint density at radius 3 is 3.00 bits per heavy atom. The molecule has 0 radical (unpaired) electrons. The number of aryl methyl sites for hydroxylation is 1. The normalized spacial score (nSPS) is 31.6. The molecular weight excluding hydrogens is 294 g/mol. The van der Waals surface area contributed by atoms with Gasteiger partial charge in [0.05, 0.1) is 11.8 Å². The van der Waals surface area contributed by atoms with Crippen molar-refractivity contribution in [3.05, 3.63) is 17.5 Å². The zero-order valence-corrected chi connectivity index (χ0v) is 13.7. The van der Waals surface area contributed by atoms with Crippen LogP contribution < -0.4 is 5.32 Å². The molecule has 0 unspecified atom stereocenters. The van der Waals surface area contributed by atoms with Gasteiger partial charge in [0.1, 0.15) is 11.9 Å². The number of fused-ring (bicyclic) bond motifs is 1. The van der Waals surface area contributed by atoms with E-state index in [-0.39, 0.29) is 18.1 Å². The van der Waals surface area contributed by atoms with Gasteiger partial charge in [0.2, 0.25) is 5.91 Å². The number of nitrogens with one attached hydrogen (secondary N) is 1. The van der Waals surface area contributed by atoms with Crippen molar-refractivity contribution in [2.45, 2.75) is 63.8 Å². The molecule has 6 nitrogen and oxygen atoms in total. The van der Waals surface area contributed by atoms with Crippen molar-refractivity contribution in [2.75, 3.05) is 13.1 Å². The van der Waals surface area contributed by atoms with Crippen LogP contribution in [0.2, 0.25) is 0 Å². The predicted octanol–water partition coefficient (Wildman–Crippen LogP) is 1.63. The molecule has 6 heteroatoms. The lowest BCUT2D eigenvalue weighted by Gasteiger charge is -2.33. The predicted molar refractivity (Wildman–Crippen MR) is 83.7 cm³/mol. The summed E-state index contributed by atoms with van der Waals surface area (Å²) in [5, 5.41) is 7.19. The van der Waals surface area contributed by atoms with Crippen LogP contribution >= 0.6 is 0 Å². The molecule has 3 fully saturated rings. The maximum atomic E-state index is 12.3. The minimum atomic E-state index is -0.250. The quantitative estimate of drug-likeness (QED) is 0.913. The molecule has 2 saturated heterocycles. The lowest BCUT2D eigenvalue weighted by molar-refractivity contribution is -0.134. The monoisotopic (exact) mass is 319 g/mol. The summed E-state index contributed by atoms with van der Waals surface area (Å²) in [6, 6.07) is 2.37. The second kappa shape index (κ2) is 6.24. The molecule has 23 heavy (non-hydrogen) atoms. The highest BCUT2D eigenvalue weighted by atomic mass is 16.5. The van der Waals surface area contributed by atoms with Crippen LogP contribution in [0.3, 0.4) is 0 Å². The number of hydrogen-bond acceptors (Lipinski definition) is 5. The largest absolute Gasteiger partial charge is 0.364 e. The Bertz CT molecular complexity index is 569. The number of carbonyl (C=O) groups excluding carboxylic acids is 1. The minimum Gasteiger partial charge on any atom is -0.364 e. The summed E-state index contributed by atoms with van der Waals surface area (Å²) >= 11 is 0. The summed E-state index contributed by atoms with van der Waals surface area (Å²) < 4.78 is 11.2. The molecule has 1 saturated carbocycles. The third kappa shape index (κ3) is 3.28. The molecule has 3 heterocycles. The van der Waals surface area contributed by atoms with Gasteiger partial charge in [-0.25, -0.2) is 0 Å². The van der Waals surface area contributed by atoms with Crippen molar-refractivity contribution < 1.29 is 14.1 Å². The number of ether oxygens (including phenoxy) is 1. The van der Waals surface area contributed by atoms with Crippen LogP contribution in [0.25, 0.3) is 0 Å². The SMILES string of the molecule is Cc1cc(CN2CC[C@@H]3C[C@H](C(=O)NC4CCC4)O[C@H]3C2)no1. The van der Waals surface area contributed by atoms with Gasteiger partial charge in [0.25, 0.3) is 0 Å². The van der Waals surface area contributed by atoms with E-state index >= 15 is 0 Å². The number of piperidine rings is 1. The Morgan fingerprint density at radius 2 is 2.30 bits per heavy atom. The van der Waals surface area contributed by atoms with Crippen molar-refractivity contribution in [2.24, 2.45) is 5.92 Å². The molecule has 1 aromatic rings. The van der Waals surface area contributed by atoms with Crippen LogP contribution in [0.4, 0.5) is 0 Å². The molecule has 3 atom stereocenters. The van der Waals surface area contributed by atoms with E-state index in [9.17, 15) is 4.79 Å². The molecule has 1 aliphatic carbocycles. The van der Waals surface area contributed by atoms with E-state index in [1.165, 1.54) is 6.42 Å². The number of aromatic nitrogens is 1. The zero-order chi connectivity index (χ0) is 15.8. The summed E-state index contributed by atoms with van der Waals surface area (Å²) in [5.74, 6) is 1.46. The number of likely N-dealkylation sites (tertiary alicyclic amines) is 1. The summed E-state index contributed by atoms with van der Waals surface area (Å²) in [7, 11) is 0. The van der Waals surface area contributed by atoms with Crippen molar-refractivity contribution in [3.63, 3.8) is 0 Å². The van der Waals surface area contributed by atoms with Gasteiger partial charge in [-0.1, -0.05) is 5.16 Å². The molecule has 1 aromatic heterocycles. The summed E-state index contributed by atoms with van der Waals surface area (Å²) in [5.41, 5.74) is 0.971. The van der Waals surface area contributed by atoms with Crippen LogP contribution in [-0.4, -0.2) is 47.3 Å². The molecule has 1 amide bonds. The van der Waals surface area contributed by atoms with Gasteiger partial charge in [-0.2, -0.15) is 0 Å². The summed E-state index contributed by atoms with van der Waals surface area (Å²) in [4.78, 5) is 14.6. The van der Waals surface area contributed by atoms with E-state index in [1.54, 1.807) is 0 Å². The second-order valence-corrected chi connectivity index (χ2v) is 7.25. The van der Waals surface area contributed by atoms with Crippen LogP contribution in [0, 0.1) is 12.8 Å². The van der Waals surface area contributed by atoms with Gasteiger partial charge >= 0.3 is 0 Å². The van der Waals surface area contributed by atoms with E-state index in [2.05, 4.69) is 15.4 Å². The van der Waals surface area contributed by atoms with Crippen LogP contribution in [0.5, 0.6) is 0 Å². The van der Waals surface area contributed by atoms with Crippen molar-refractivity contribution in [1.29, 1.82) is 0 Å². The highest BCUT2D eigenvalue weighted by Gasteiger charge is 2.42. The molecular formula is C17H25N3O3. The van der Waals surface area contributed by atoms with Crippen molar-refractivity contribution in [1.82, 2.24) is 15.4 Å². The van der Waals surface area contributed by atoms with Gasteiger partial charge < -0.3 is 14.6 Å². The second-order valence-electron chi connectivity index (χ2n) is 7.25. The van der Waals surface area contributed by atoms with E-state index < -0.39 is 0 Å². The Balaban J connectivity index is 1.30. The average molecular weight is 319 g/mol. The fourth-order valence-electron chi connectivity index (χ4n) is 3.88. The molecule has 0 spiro atoms. The van der Waals surface area contributed by atoms with E-state index in [0.717, 1.165) is 56.8 Å². The topological polar surface area (TPSA) is 67.6 Å². The molecule has 0 aromatic carbocycles. The number of carbonyl (C=O) groups is 1. The third-order valence-corrected chi connectivity index (χ3v) is 5.44. The number of hydrogen-bond donors (Lipinski definition) is 1. The first kappa shape index (κ1) is 15.1. The molecule has 2 aliphatic heterocycles. The average Bonchev–Trinajstić information content (AvgIpc) is 3.08. The Labute approximate surface area is 136 Å². The Kier molecular flexibility index (Phi) is 4.11. The maximum Gasteiger partial charge on any atom is 0.249 e. The summed E-state index contributed by atoms with van der Waals surface area (Å²) in [6.07, 6.45) is 5.37. The van der Waals surface area contributed by atoms with Crippen molar-refractivity contribution >= 4 is 5.91 Å². The maximum absolute atomic E-state index is 12.3. The van der Waals surface area contributed by atoms with Gasteiger partial charge in [0, 0.05) is 25.2 Å². The van der Waals surface area contributed by atoms with Gasteiger partial charge in [0.15, 0.2) is 0 Å². The van der Waals surface area contributed by atoms with E-state index in [4.69, 9.17) is 9.26 Å². The Morgan fingerprint density at radius 1 is 1.43 bits per heavy atom. The van der Waals surface area contributed by atoms with Crippen LogP contribution in [0.1, 0.15) is 43.6 Å². The molecule has 0 bridgehead atoms. The van der Waals surface area contributed by atoms with Gasteiger partial charge in [-0.05, 0) is 51.5 Å². The van der Waals surface area contributed by atoms with Crippen LogP contribution in [-0.2, 0) is 16.1 Å². The molecule has 126 valence electrons. The fraction of sp³-hybridized carbons (Fsp3) is 0.765. The lowest BCUT2D eigenvalue weighted by Crippen LogP contribution is -2.45. The highest BCUT2D eigenvalue weighted by Crippen LogP contribution is 2.34. The first-order chi connectivity index (χ1) is 11.2. The number of amides is 1. The standard InChI is InChI=1S/C17H25N3O3/c1-11-7-14(19-23-11)9-20-6-5-12-8-15(22-16(12)10-20)17(21)18-13-3-2-4-13/h7,12-13,15-16H,2-6,8-10H2,1H3,(H,18,21)/t12-,15-,16+/m1/s1.